The van der Waals surface area contributed by atoms with Gasteiger partial charge in [0.25, 0.3) is 0 Å². The van der Waals surface area contributed by atoms with E-state index in [4.69, 9.17) is 0 Å². The Hall–Kier alpha value is -0.340. The lowest BCUT2D eigenvalue weighted by molar-refractivity contribution is 0.449. The largest absolute Gasteiger partial charge is 0.314 e. The van der Waals surface area contributed by atoms with Crippen molar-refractivity contribution in [3.05, 3.63) is 22.4 Å². The monoisotopic (exact) mass is 223 g/mol. The van der Waals surface area contributed by atoms with Crippen LogP contribution >= 0.6 is 11.3 Å². The Morgan fingerprint density at radius 1 is 1.53 bits per heavy atom. The molecular weight excluding hydrogens is 202 g/mol. The van der Waals surface area contributed by atoms with Crippen molar-refractivity contribution in [2.75, 3.05) is 6.54 Å². The molecule has 1 saturated carbocycles. The van der Waals surface area contributed by atoms with Crippen LogP contribution in [-0.4, -0.2) is 12.6 Å². The van der Waals surface area contributed by atoms with Crippen molar-refractivity contribution in [2.45, 2.75) is 45.1 Å². The van der Waals surface area contributed by atoms with Gasteiger partial charge in [0.1, 0.15) is 0 Å². The zero-order chi connectivity index (χ0) is 10.5. The molecule has 1 heterocycles. The molecule has 2 heteroatoms. The maximum atomic E-state index is 3.68. The Bertz CT molecular complexity index is 264. The fourth-order valence-electron chi connectivity index (χ4n) is 2.01. The van der Waals surface area contributed by atoms with Crippen LogP contribution in [0.1, 0.15) is 38.2 Å². The molecule has 0 bridgehead atoms. The summed E-state index contributed by atoms with van der Waals surface area (Å²) in [6.45, 7) is 3.44. The fourth-order valence-corrected chi connectivity index (χ4v) is 2.71. The van der Waals surface area contributed by atoms with Gasteiger partial charge in [-0.1, -0.05) is 19.8 Å². The average Bonchev–Trinajstić information content (AvgIpc) is 2.91. The normalized spacial score (nSPS) is 17.9. The highest BCUT2D eigenvalue weighted by Gasteiger charge is 2.24. The zero-order valence-electron chi connectivity index (χ0n) is 9.54. The van der Waals surface area contributed by atoms with Gasteiger partial charge in [-0.05, 0) is 54.1 Å². The van der Waals surface area contributed by atoms with Crippen LogP contribution in [0.5, 0.6) is 0 Å². The topological polar surface area (TPSA) is 12.0 Å². The number of thiophene rings is 1. The molecule has 1 atom stereocenters. The molecule has 1 aliphatic carbocycles. The first-order valence-corrected chi connectivity index (χ1v) is 7.07. The van der Waals surface area contributed by atoms with Gasteiger partial charge in [0, 0.05) is 6.04 Å². The molecule has 84 valence electrons. The van der Waals surface area contributed by atoms with E-state index in [1.54, 1.807) is 11.3 Å². The molecule has 0 spiro atoms. The number of hydrogen-bond acceptors (Lipinski definition) is 2. The summed E-state index contributed by atoms with van der Waals surface area (Å²) >= 11 is 1.80. The third-order valence-electron chi connectivity index (χ3n) is 3.23. The first-order valence-electron chi connectivity index (χ1n) is 6.13. The first-order chi connectivity index (χ1) is 7.38. The number of rotatable bonds is 7. The van der Waals surface area contributed by atoms with Crippen molar-refractivity contribution in [1.82, 2.24) is 5.32 Å². The number of nitrogens with one attached hydrogen (secondary N) is 1. The van der Waals surface area contributed by atoms with E-state index in [0.29, 0.717) is 0 Å². The molecule has 15 heavy (non-hydrogen) atoms. The quantitative estimate of drug-likeness (QED) is 0.746. The van der Waals surface area contributed by atoms with E-state index in [1.165, 1.54) is 37.7 Å². The third-order valence-corrected chi connectivity index (χ3v) is 3.97. The van der Waals surface area contributed by atoms with E-state index < -0.39 is 0 Å². The predicted molar refractivity (Wildman–Crippen MR) is 67.4 cm³/mol. The summed E-state index contributed by atoms with van der Waals surface area (Å²) in [6.07, 6.45) is 6.82. The van der Waals surface area contributed by atoms with Gasteiger partial charge in [-0.25, -0.2) is 0 Å². The molecule has 0 amide bonds. The van der Waals surface area contributed by atoms with Crippen LogP contribution in [0.3, 0.4) is 0 Å². The van der Waals surface area contributed by atoms with Crippen LogP contribution in [0, 0.1) is 5.92 Å². The maximum Gasteiger partial charge on any atom is 0.00672 e. The van der Waals surface area contributed by atoms with Gasteiger partial charge in [-0.15, -0.1) is 0 Å². The van der Waals surface area contributed by atoms with Gasteiger partial charge in [-0.2, -0.15) is 11.3 Å². The molecule has 1 aliphatic rings. The van der Waals surface area contributed by atoms with E-state index in [1.807, 2.05) is 0 Å². The van der Waals surface area contributed by atoms with E-state index in [2.05, 4.69) is 29.1 Å². The highest BCUT2D eigenvalue weighted by molar-refractivity contribution is 7.07. The van der Waals surface area contributed by atoms with Crippen LogP contribution in [0.2, 0.25) is 0 Å². The summed E-state index contributed by atoms with van der Waals surface area (Å²) in [7, 11) is 0. The lowest BCUT2D eigenvalue weighted by atomic mass is 10.1. The summed E-state index contributed by atoms with van der Waals surface area (Å²) in [5, 5.41) is 8.10. The Kier molecular flexibility index (Phi) is 4.21. The molecular formula is C13H21NS. The number of hydrogen-bond donors (Lipinski definition) is 1. The zero-order valence-corrected chi connectivity index (χ0v) is 10.4. The van der Waals surface area contributed by atoms with Gasteiger partial charge >= 0.3 is 0 Å². The minimum absolute atomic E-state index is 0.760. The third kappa shape index (κ3) is 3.96. The van der Waals surface area contributed by atoms with Crippen LogP contribution < -0.4 is 5.32 Å². The molecule has 0 aliphatic heterocycles. The van der Waals surface area contributed by atoms with E-state index in [9.17, 15) is 0 Å². The summed E-state index contributed by atoms with van der Waals surface area (Å²) in [6, 6.07) is 2.99. The Labute approximate surface area is 96.9 Å². The second-order valence-corrected chi connectivity index (χ2v) is 5.40. The first kappa shape index (κ1) is 11.2. The average molecular weight is 223 g/mol. The summed E-state index contributed by atoms with van der Waals surface area (Å²) in [4.78, 5) is 0. The second kappa shape index (κ2) is 5.66. The van der Waals surface area contributed by atoms with Crippen molar-refractivity contribution >= 4 is 11.3 Å². The van der Waals surface area contributed by atoms with Crippen molar-refractivity contribution in [2.24, 2.45) is 5.92 Å². The molecule has 1 aromatic heterocycles. The van der Waals surface area contributed by atoms with Gasteiger partial charge in [0.05, 0.1) is 0 Å². The Morgan fingerprint density at radius 2 is 2.40 bits per heavy atom. The molecule has 1 aromatic rings. The van der Waals surface area contributed by atoms with Crippen molar-refractivity contribution in [3.63, 3.8) is 0 Å². The molecule has 1 nitrogen and oxygen atoms in total. The molecule has 1 N–H and O–H groups in total. The maximum absolute atomic E-state index is 3.68. The van der Waals surface area contributed by atoms with Crippen molar-refractivity contribution < 1.29 is 0 Å². The minimum Gasteiger partial charge on any atom is -0.314 e. The van der Waals surface area contributed by atoms with Crippen LogP contribution in [0.15, 0.2) is 16.8 Å². The van der Waals surface area contributed by atoms with E-state index in [0.717, 1.165) is 18.5 Å². The van der Waals surface area contributed by atoms with E-state index >= 15 is 0 Å². The summed E-state index contributed by atoms with van der Waals surface area (Å²) in [5.41, 5.74) is 1.48. The SMILES string of the molecule is CCC(CC1CC1)NCCc1ccsc1. The molecule has 2 rings (SSSR count). The lowest BCUT2D eigenvalue weighted by Gasteiger charge is -2.16. The summed E-state index contributed by atoms with van der Waals surface area (Å²) in [5.74, 6) is 1.04. The van der Waals surface area contributed by atoms with Crippen molar-refractivity contribution in [3.8, 4) is 0 Å². The van der Waals surface area contributed by atoms with Crippen LogP contribution in [0.4, 0.5) is 0 Å². The van der Waals surface area contributed by atoms with Gasteiger partial charge in [0.15, 0.2) is 0 Å². The van der Waals surface area contributed by atoms with Gasteiger partial charge in [0.2, 0.25) is 0 Å². The summed E-state index contributed by atoms with van der Waals surface area (Å²) < 4.78 is 0. The Balaban J connectivity index is 1.62. The smallest absolute Gasteiger partial charge is 0.00672 e. The molecule has 0 saturated heterocycles. The highest BCUT2D eigenvalue weighted by Crippen LogP contribution is 2.33. The predicted octanol–water partition coefficient (Wildman–Crippen LogP) is 3.46. The second-order valence-electron chi connectivity index (χ2n) is 4.62. The van der Waals surface area contributed by atoms with Gasteiger partial charge < -0.3 is 5.32 Å². The molecule has 1 unspecified atom stereocenters. The highest BCUT2D eigenvalue weighted by atomic mass is 32.1. The fraction of sp³-hybridized carbons (Fsp3) is 0.692. The standard InChI is InChI=1S/C13H21NS/c1-2-13(9-11-3-4-11)14-7-5-12-6-8-15-10-12/h6,8,10-11,13-14H,2-5,7,9H2,1H3. The van der Waals surface area contributed by atoms with Crippen LogP contribution in [0.25, 0.3) is 0 Å². The lowest BCUT2D eigenvalue weighted by Crippen LogP contribution is -2.30. The van der Waals surface area contributed by atoms with E-state index in [-0.39, 0.29) is 0 Å². The van der Waals surface area contributed by atoms with Crippen LogP contribution in [-0.2, 0) is 6.42 Å². The van der Waals surface area contributed by atoms with Gasteiger partial charge in [-0.3, -0.25) is 0 Å². The molecule has 1 fully saturated rings. The molecule has 0 radical (unpaired) electrons. The molecule has 0 aromatic carbocycles. The Morgan fingerprint density at radius 3 is 3.00 bits per heavy atom. The van der Waals surface area contributed by atoms with Crippen molar-refractivity contribution in [1.29, 1.82) is 0 Å². The minimum atomic E-state index is 0.760.